The van der Waals surface area contributed by atoms with Gasteiger partial charge in [0.25, 0.3) is 0 Å². The van der Waals surface area contributed by atoms with Gasteiger partial charge in [-0.05, 0) is 34.9 Å². The van der Waals surface area contributed by atoms with Crippen LogP contribution in [0.4, 0.5) is 0 Å². The molecule has 0 N–H and O–H groups in total. The van der Waals surface area contributed by atoms with Gasteiger partial charge in [-0.3, -0.25) is 9.59 Å². The summed E-state index contributed by atoms with van der Waals surface area (Å²) >= 11 is 12.1. The van der Waals surface area contributed by atoms with Crippen LogP contribution in [0.5, 0.6) is 0 Å². The Hall–Kier alpha value is -2.42. The minimum atomic E-state index is -0.893. The van der Waals surface area contributed by atoms with E-state index in [9.17, 15) is 9.59 Å². The van der Waals surface area contributed by atoms with E-state index < -0.39 is 5.92 Å². The Bertz CT molecular complexity index is 989. The molecule has 1 aliphatic carbocycles. The van der Waals surface area contributed by atoms with Gasteiger partial charge < -0.3 is 0 Å². The van der Waals surface area contributed by atoms with Gasteiger partial charge in [0.2, 0.25) is 0 Å². The van der Waals surface area contributed by atoms with Gasteiger partial charge in [-0.15, -0.1) is 0 Å². The number of carbonyl (C=O) groups excluding carboxylic acids is 2. The van der Waals surface area contributed by atoms with Gasteiger partial charge in [0.1, 0.15) is 5.92 Å². The highest BCUT2D eigenvalue weighted by Gasteiger charge is 2.41. The van der Waals surface area contributed by atoms with Crippen LogP contribution in [0, 0.1) is 0 Å². The Kier molecular flexibility index (Phi) is 3.95. The highest BCUT2D eigenvalue weighted by molar-refractivity contribution is 6.36. The van der Waals surface area contributed by atoms with Gasteiger partial charge in [0.15, 0.2) is 11.6 Å². The zero-order valence-corrected chi connectivity index (χ0v) is 14.5. The van der Waals surface area contributed by atoms with Gasteiger partial charge in [0.05, 0.1) is 0 Å². The molecule has 122 valence electrons. The molecule has 0 amide bonds. The molecule has 0 aliphatic heterocycles. The van der Waals surface area contributed by atoms with Crippen molar-refractivity contribution < 1.29 is 9.59 Å². The summed E-state index contributed by atoms with van der Waals surface area (Å²) in [4.78, 5) is 26.0. The number of Topliss-reactive ketones (excluding diaryl/α,β-unsaturated/α-hetero) is 2. The molecular weight excluding hydrogens is 355 g/mol. The molecule has 0 spiro atoms. The van der Waals surface area contributed by atoms with Crippen LogP contribution in [0.15, 0.2) is 66.7 Å². The lowest BCUT2D eigenvalue weighted by Gasteiger charge is -2.09. The van der Waals surface area contributed by atoms with E-state index in [4.69, 9.17) is 23.2 Å². The summed E-state index contributed by atoms with van der Waals surface area (Å²) in [7, 11) is 0. The summed E-state index contributed by atoms with van der Waals surface area (Å²) < 4.78 is 0. The molecule has 0 saturated carbocycles. The number of rotatable bonds is 2. The smallest absolute Gasteiger partial charge is 0.179 e. The van der Waals surface area contributed by atoms with E-state index >= 15 is 0 Å². The minimum absolute atomic E-state index is 0.210. The van der Waals surface area contributed by atoms with Crippen molar-refractivity contribution in [3.8, 4) is 11.1 Å². The van der Waals surface area contributed by atoms with E-state index in [0.29, 0.717) is 26.7 Å². The number of fused-ring (bicyclic) bond motifs is 1. The van der Waals surface area contributed by atoms with Crippen molar-refractivity contribution in [1.82, 2.24) is 0 Å². The standard InChI is InChI=1S/C21H12Cl2O2/c22-14-9-13(10-15(23)11-14)18-20(24)17-8-4-7-16(19(17)21(18)25)12-5-2-1-3-6-12/h1-11,18H. The van der Waals surface area contributed by atoms with Gasteiger partial charge in [-0.2, -0.15) is 0 Å². The van der Waals surface area contributed by atoms with Gasteiger partial charge >= 0.3 is 0 Å². The molecule has 3 aromatic carbocycles. The number of carbonyl (C=O) groups is 2. The van der Waals surface area contributed by atoms with E-state index in [0.717, 1.165) is 11.1 Å². The molecule has 0 bridgehead atoms. The van der Waals surface area contributed by atoms with Crippen molar-refractivity contribution in [2.24, 2.45) is 0 Å². The van der Waals surface area contributed by atoms with E-state index in [1.165, 1.54) is 0 Å². The number of ketones is 2. The van der Waals surface area contributed by atoms with Gasteiger partial charge in [-0.25, -0.2) is 0 Å². The maximum atomic E-state index is 13.1. The number of hydrogen-bond donors (Lipinski definition) is 0. The number of benzene rings is 3. The average molecular weight is 367 g/mol. The molecule has 0 heterocycles. The summed E-state index contributed by atoms with van der Waals surface area (Å²) in [5.74, 6) is -1.31. The zero-order chi connectivity index (χ0) is 17.6. The topological polar surface area (TPSA) is 34.1 Å². The molecule has 4 rings (SSSR count). The molecular formula is C21H12Cl2O2. The van der Waals surface area contributed by atoms with E-state index in [2.05, 4.69) is 0 Å². The third kappa shape index (κ3) is 2.68. The van der Waals surface area contributed by atoms with Crippen LogP contribution >= 0.6 is 23.2 Å². The second kappa shape index (κ2) is 6.14. The molecule has 0 saturated heterocycles. The maximum absolute atomic E-state index is 13.1. The van der Waals surface area contributed by atoms with Crippen LogP contribution in [-0.4, -0.2) is 11.6 Å². The second-order valence-corrected chi connectivity index (χ2v) is 6.83. The Labute approximate surface area is 155 Å². The van der Waals surface area contributed by atoms with Crippen LogP contribution < -0.4 is 0 Å². The molecule has 0 fully saturated rings. The molecule has 2 nitrogen and oxygen atoms in total. The minimum Gasteiger partial charge on any atom is -0.293 e. The Balaban J connectivity index is 1.88. The molecule has 4 heteroatoms. The Morgan fingerprint density at radius 3 is 2.00 bits per heavy atom. The van der Waals surface area contributed by atoms with Crippen LogP contribution in [-0.2, 0) is 0 Å². The molecule has 0 aromatic heterocycles. The lowest BCUT2D eigenvalue weighted by molar-refractivity contribution is 0.0890. The van der Waals surface area contributed by atoms with Crippen molar-refractivity contribution in [1.29, 1.82) is 0 Å². The predicted molar refractivity (Wildman–Crippen MR) is 99.7 cm³/mol. The first-order chi connectivity index (χ1) is 12.1. The monoisotopic (exact) mass is 366 g/mol. The van der Waals surface area contributed by atoms with Crippen molar-refractivity contribution in [2.75, 3.05) is 0 Å². The molecule has 1 unspecified atom stereocenters. The molecule has 0 radical (unpaired) electrons. The van der Waals surface area contributed by atoms with Gasteiger partial charge in [-0.1, -0.05) is 71.7 Å². The zero-order valence-electron chi connectivity index (χ0n) is 13.0. The first kappa shape index (κ1) is 16.1. The van der Waals surface area contributed by atoms with E-state index in [-0.39, 0.29) is 11.6 Å². The van der Waals surface area contributed by atoms with Crippen LogP contribution in [0.1, 0.15) is 32.2 Å². The fraction of sp³-hybridized carbons (Fsp3) is 0.0476. The summed E-state index contributed by atoms with van der Waals surface area (Å²) in [6.07, 6.45) is 0. The van der Waals surface area contributed by atoms with Crippen molar-refractivity contribution in [3.05, 3.63) is 93.5 Å². The Morgan fingerprint density at radius 1 is 0.680 bits per heavy atom. The lowest BCUT2D eigenvalue weighted by atomic mass is 9.93. The second-order valence-electron chi connectivity index (χ2n) is 5.96. The SMILES string of the molecule is O=C1c2cccc(-c3ccccc3)c2C(=O)C1c1cc(Cl)cc(Cl)c1. The van der Waals surface area contributed by atoms with Gasteiger partial charge in [0, 0.05) is 21.2 Å². The summed E-state index contributed by atoms with van der Waals surface area (Å²) in [5.41, 5.74) is 3.13. The third-order valence-corrected chi connectivity index (χ3v) is 4.84. The largest absolute Gasteiger partial charge is 0.293 e. The summed E-state index contributed by atoms with van der Waals surface area (Å²) in [6, 6.07) is 19.8. The first-order valence-electron chi connectivity index (χ1n) is 7.79. The molecule has 3 aromatic rings. The Morgan fingerprint density at radius 2 is 1.32 bits per heavy atom. The molecule has 1 aliphatic rings. The number of halogens is 2. The summed E-state index contributed by atoms with van der Waals surface area (Å²) in [6.45, 7) is 0. The summed E-state index contributed by atoms with van der Waals surface area (Å²) in [5, 5.41) is 0.810. The van der Waals surface area contributed by atoms with E-state index in [1.807, 2.05) is 36.4 Å². The highest BCUT2D eigenvalue weighted by atomic mass is 35.5. The fourth-order valence-corrected chi connectivity index (χ4v) is 3.89. The van der Waals surface area contributed by atoms with Crippen LogP contribution in [0.3, 0.4) is 0 Å². The molecule has 25 heavy (non-hydrogen) atoms. The highest BCUT2D eigenvalue weighted by Crippen LogP contribution is 2.40. The van der Waals surface area contributed by atoms with Crippen LogP contribution in [0.2, 0.25) is 10.0 Å². The lowest BCUT2D eigenvalue weighted by Crippen LogP contribution is -2.13. The third-order valence-electron chi connectivity index (χ3n) is 4.40. The fourth-order valence-electron chi connectivity index (χ4n) is 3.34. The first-order valence-corrected chi connectivity index (χ1v) is 8.54. The van der Waals surface area contributed by atoms with Crippen molar-refractivity contribution in [3.63, 3.8) is 0 Å². The van der Waals surface area contributed by atoms with E-state index in [1.54, 1.807) is 30.3 Å². The maximum Gasteiger partial charge on any atom is 0.179 e. The van der Waals surface area contributed by atoms with Crippen LogP contribution in [0.25, 0.3) is 11.1 Å². The number of hydrogen-bond acceptors (Lipinski definition) is 2. The van der Waals surface area contributed by atoms with Crippen molar-refractivity contribution in [2.45, 2.75) is 5.92 Å². The predicted octanol–water partition coefficient (Wildman–Crippen LogP) is 5.82. The average Bonchev–Trinajstić information content (AvgIpc) is 2.86. The quantitative estimate of drug-likeness (QED) is 0.535. The molecule has 1 atom stereocenters. The van der Waals surface area contributed by atoms with Crippen molar-refractivity contribution >= 4 is 34.8 Å². The normalized spacial score (nSPS) is 16.2.